The molecule has 0 bridgehead atoms. The van der Waals surface area contributed by atoms with E-state index in [1.165, 1.54) is 5.30 Å². The first kappa shape index (κ1) is 21.2. The topological polar surface area (TPSA) is 32.6 Å². The molecule has 2 nitrogen and oxygen atoms in total. The van der Waals surface area contributed by atoms with Crippen LogP contribution in [-0.2, 0) is 17.0 Å². The van der Waals surface area contributed by atoms with E-state index in [2.05, 4.69) is 17.1 Å². The molecule has 1 N–H and O–H groups in total. The van der Waals surface area contributed by atoms with Gasteiger partial charge in [0.25, 0.3) is 0 Å². The third kappa shape index (κ3) is 6.87. The summed E-state index contributed by atoms with van der Waals surface area (Å²) in [5.41, 5.74) is 3.17. The fourth-order valence-corrected chi connectivity index (χ4v) is 3.55. The van der Waals surface area contributed by atoms with Crippen LogP contribution < -0.4 is 10.6 Å². The second-order valence-electron chi connectivity index (χ2n) is 5.40. The molecule has 3 aromatic carbocycles. The van der Waals surface area contributed by atoms with Gasteiger partial charge in [-0.05, 0) is 36.5 Å². The van der Waals surface area contributed by atoms with Crippen LogP contribution >= 0.6 is 27.2 Å². The molecule has 0 saturated carbocycles. The predicted octanol–water partition coefficient (Wildman–Crippen LogP) is 5.46. The molecule has 26 heavy (non-hydrogen) atoms. The summed E-state index contributed by atoms with van der Waals surface area (Å²) >= 11 is -0.556. The molecule has 0 aromatic heterocycles. The van der Waals surface area contributed by atoms with Gasteiger partial charge < -0.3 is 5.11 Å². The van der Waals surface area contributed by atoms with Crippen molar-refractivity contribution in [3.05, 3.63) is 83.9 Å². The number of aliphatic imine (C=N–C) groups is 1. The van der Waals surface area contributed by atoms with E-state index < -0.39 is 17.0 Å². The van der Waals surface area contributed by atoms with Crippen LogP contribution in [0.25, 0.3) is 0 Å². The number of para-hydroxylation sites is 1. The van der Waals surface area contributed by atoms with E-state index in [1.807, 2.05) is 67.7 Å². The third-order valence-electron chi connectivity index (χ3n) is 3.49. The molecule has 0 radical (unpaired) electrons. The molecule has 132 valence electrons. The predicted molar refractivity (Wildman–Crippen MR) is 112 cm³/mol. The number of phenolic OH excluding ortho intramolecular Hbond substituents is 1. The minimum absolute atomic E-state index is 0.351. The van der Waals surface area contributed by atoms with Gasteiger partial charge in [-0.25, -0.2) is 0 Å². The average molecular weight is 438 g/mol. The molecule has 0 aliphatic rings. The number of aryl methyl sites for hydroxylation is 1. The van der Waals surface area contributed by atoms with Crippen molar-refractivity contribution in [2.24, 2.45) is 4.99 Å². The number of hydrogen-bond acceptors (Lipinski definition) is 2. The fourth-order valence-electron chi connectivity index (χ4n) is 2.28. The van der Waals surface area contributed by atoms with Gasteiger partial charge in [0.15, 0.2) is 0 Å². The van der Waals surface area contributed by atoms with Crippen molar-refractivity contribution < 1.29 is 22.1 Å². The summed E-state index contributed by atoms with van der Waals surface area (Å²) in [5, 5.41) is 12.2. The molecule has 1 unspecified atom stereocenters. The van der Waals surface area contributed by atoms with Crippen molar-refractivity contribution >= 4 is 49.7 Å². The summed E-state index contributed by atoms with van der Waals surface area (Å²) in [7, 11) is 10.2. The number of phenols is 1. The van der Waals surface area contributed by atoms with Crippen LogP contribution in [0.15, 0.2) is 77.8 Å². The first-order chi connectivity index (χ1) is 12.6. The van der Waals surface area contributed by atoms with E-state index in [0.29, 0.717) is 14.3 Å². The summed E-state index contributed by atoms with van der Waals surface area (Å²) in [6, 6.07) is 23.8. The van der Waals surface area contributed by atoms with Gasteiger partial charge in [-0.3, -0.25) is 4.99 Å². The molecule has 3 aromatic rings. The molecular formula is C20H18Cl2NOPTi. The van der Waals surface area contributed by atoms with E-state index in [9.17, 15) is 5.11 Å². The monoisotopic (exact) mass is 437 g/mol. The van der Waals surface area contributed by atoms with Crippen LogP contribution in [0, 0.1) is 6.92 Å². The summed E-state index contributed by atoms with van der Waals surface area (Å²) in [6.07, 6.45) is 1.89. The number of nitrogens with zero attached hydrogens (tertiary/aromatic N) is 1. The first-order valence-electron chi connectivity index (χ1n) is 7.85. The van der Waals surface area contributed by atoms with Gasteiger partial charge in [0.2, 0.25) is 0 Å². The van der Waals surface area contributed by atoms with E-state index >= 15 is 0 Å². The van der Waals surface area contributed by atoms with E-state index in [0.717, 1.165) is 22.1 Å². The van der Waals surface area contributed by atoms with Crippen molar-refractivity contribution in [1.82, 2.24) is 0 Å². The molecule has 0 aliphatic carbocycles. The standard InChI is InChI=1S/C20H18NOP.2ClH.Ti/c1-15-11-12-18(22)20(13-15)23-19-10-6-5-7-16(19)14-21-17-8-3-2-4-9-17;;;/h2-14,22-23H,1H3;2*1H;/q;;;+2/p-2. The van der Waals surface area contributed by atoms with Crippen LogP contribution in [0.5, 0.6) is 5.75 Å². The third-order valence-corrected chi connectivity index (χ3v) is 4.89. The Labute approximate surface area is 172 Å². The zero-order valence-electron chi connectivity index (χ0n) is 14.2. The SMILES string of the molecule is Cc1ccc(O)c(Pc2ccccc2C=Nc2ccccc2)c1.[Cl][Ti][Cl]. The molecule has 1 atom stereocenters. The van der Waals surface area contributed by atoms with Crippen molar-refractivity contribution in [3.8, 4) is 5.75 Å². The normalized spacial score (nSPS) is 10.7. The molecular weight excluding hydrogens is 420 g/mol. The molecule has 6 heteroatoms. The molecule has 0 aliphatic heterocycles. The van der Waals surface area contributed by atoms with Crippen LogP contribution in [0.3, 0.4) is 0 Å². The summed E-state index contributed by atoms with van der Waals surface area (Å²) < 4.78 is 0. The van der Waals surface area contributed by atoms with Gasteiger partial charge in [0, 0.05) is 17.1 Å². The fraction of sp³-hybridized carbons (Fsp3) is 0.0500. The number of hydrogen-bond donors (Lipinski definition) is 1. The Morgan fingerprint density at radius 3 is 2.31 bits per heavy atom. The molecule has 0 amide bonds. The zero-order chi connectivity index (χ0) is 18.8. The summed E-state index contributed by atoms with van der Waals surface area (Å²) in [6.45, 7) is 2.04. The van der Waals surface area contributed by atoms with E-state index in [4.69, 9.17) is 18.6 Å². The minimum atomic E-state index is -0.556. The Hall–Kier alpha value is -1.15. The molecule has 0 spiro atoms. The molecule has 0 saturated heterocycles. The Balaban J connectivity index is 0.000000758. The first-order valence-corrected chi connectivity index (χ1v) is 13.1. The van der Waals surface area contributed by atoms with Gasteiger partial charge in [-0.2, -0.15) is 0 Å². The summed E-state index contributed by atoms with van der Waals surface area (Å²) in [4.78, 5) is 4.54. The number of rotatable bonds is 4. The quantitative estimate of drug-likeness (QED) is 0.328. The molecule has 0 heterocycles. The Kier molecular flexibility index (Phi) is 9.39. The van der Waals surface area contributed by atoms with Crippen LogP contribution in [-0.4, -0.2) is 11.3 Å². The van der Waals surface area contributed by atoms with Crippen LogP contribution in [0.2, 0.25) is 0 Å². The number of halogens is 2. The Morgan fingerprint density at radius 2 is 1.58 bits per heavy atom. The maximum atomic E-state index is 10.1. The van der Waals surface area contributed by atoms with Gasteiger partial charge >= 0.3 is 35.6 Å². The Bertz CT molecular complexity index is 859. The average Bonchev–Trinajstić information content (AvgIpc) is 2.65. The summed E-state index contributed by atoms with van der Waals surface area (Å²) in [5.74, 6) is 0.351. The van der Waals surface area contributed by atoms with Crippen molar-refractivity contribution in [2.75, 3.05) is 0 Å². The van der Waals surface area contributed by atoms with Crippen LogP contribution in [0.1, 0.15) is 11.1 Å². The van der Waals surface area contributed by atoms with Gasteiger partial charge in [-0.1, -0.05) is 62.7 Å². The molecule has 0 fully saturated rings. The zero-order valence-corrected chi connectivity index (χ0v) is 18.2. The molecule has 3 rings (SSSR count). The van der Waals surface area contributed by atoms with Crippen molar-refractivity contribution in [1.29, 1.82) is 0 Å². The Morgan fingerprint density at radius 1 is 0.923 bits per heavy atom. The van der Waals surface area contributed by atoms with Gasteiger partial charge in [0.05, 0.1) is 5.69 Å². The van der Waals surface area contributed by atoms with Crippen molar-refractivity contribution in [3.63, 3.8) is 0 Å². The second kappa shape index (κ2) is 11.5. The van der Waals surface area contributed by atoms with Gasteiger partial charge in [-0.15, -0.1) is 0 Å². The maximum absolute atomic E-state index is 10.1. The second-order valence-corrected chi connectivity index (χ2v) is 9.30. The van der Waals surface area contributed by atoms with E-state index in [1.54, 1.807) is 6.07 Å². The van der Waals surface area contributed by atoms with E-state index in [-0.39, 0.29) is 0 Å². The number of aromatic hydroxyl groups is 1. The van der Waals surface area contributed by atoms with Crippen molar-refractivity contribution in [2.45, 2.75) is 6.92 Å². The van der Waals surface area contributed by atoms with Crippen LogP contribution in [0.4, 0.5) is 5.69 Å². The van der Waals surface area contributed by atoms with Gasteiger partial charge in [0.1, 0.15) is 5.75 Å². The number of benzene rings is 3.